The Hall–Kier alpha value is -2.33. The van der Waals surface area contributed by atoms with Gasteiger partial charge in [-0.1, -0.05) is 6.92 Å². The van der Waals surface area contributed by atoms with Crippen LogP contribution in [0.5, 0.6) is 0 Å². The molecular formula is C15H21N3O6. The maximum atomic E-state index is 11.8. The Bertz CT molecular complexity index is 575. The van der Waals surface area contributed by atoms with Crippen molar-refractivity contribution in [1.82, 2.24) is 5.43 Å². The summed E-state index contributed by atoms with van der Waals surface area (Å²) in [5, 5.41) is 42.8. The van der Waals surface area contributed by atoms with Crippen molar-refractivity contribution >= 4 is 23.7 Å². The second kappa shape index (κ2) is 9.73. The minimum atomic E-state index is -1.63. The molecule has 6 N–H and O–H groups in total. The lowest BCUT2D eigenvalue weighted by Crippen LogP contribution is -2.40. The highest BCUT2D eigenvalue weighted by Gasteiger charge is 2.22. The van der Waals surface area contributed by atoms with E-state index in [-0.39, 0.29) is 11.5 Å². The van der Waals surface area contributed by atoms with Crippen molar-refractivity contribution in [2.75, 3.05) is 11.9 Å². The normalized spacial score (nSPS) is 14.9. The molecule has 0 spiro atoms. The van der Waals surface area contributed by atoms with E-state index in [1.165, 1.54) is 12.1 Å². The number of aliphatic hydroxyl groups excluding tert-OH is 4. The molecule has 0 aliphatic carbocycles. The van der Waals surface area contributed by atoms with Crippen LogP contribution in [0.4, 0.5) is 5.69 Å². The van der Waals surface area contributed by atoms with Crippen LogP contribution >= 0.6 is 0 Å². The van der Waals surface area contributed by atoms with Gasteiger partial charge in [0.15, 0.2) is 0 Å². The topological polar surface area (TPSA) is 151 Å². The van der Waals surface area contributed by atoms with Crippen LogP contribution in [0.3, 0.4) is 0 Å². The van der Waals surface area contributed by atoms with Gasteiger partial charge in [-0.25, -0.2) is 5.43 Å². The Kier molecular flexibility index (Phi) is 7.99. The summed E-state index contributed by atoms with van der Waals surface area (Å²) in [4.78, 5) is 23.1. The molecule has 3 unspecified atom stereocenters. The number of anilines is 1. The number of rotatable bonds is 8. The minimum Gasteiger partial charge on any atom is -0.394 e. The van der Waals surface area contributed by atoms with Crippen LogP contribution in [0.25, 0.3) is 0 Å². The second-order valence-corrected chi connectivity index (χ2v) is 4.93. The highest BCUT2D eigenvalue weighted by molar-refractivity contribution is 5.95. The van der Waals surface area contributed by atoms with Crippen LogP contribution in [-0.2, 0) is 4.79 Å². The Labute approximate surface area is 138 Å². The van der Waals surface area contributed by atoms with E-state index in [4.69, 9.17) is 10.2 Å². The van der Waals surface area contributed by atoms with Gasteiger partial charge < -0.3 is 25.7 Å². The molecular weight excluding hydrogens is 318 g/mol. The standard InChI is InChI=1S/C15H21N3O6/c1-2-13(22)17-10-5-3-9(4-6-10)15(24)18-16-7-11(20)14(23)12(21)8-19/h3-7,11-12,14,19-21,23H,2,8H2,1H3,(H,17,22)(H,18,24)/b16-7+. The van der Waals surface area contributed by atoms with Gasteiger partial charge in [-0.05, 0) is 24.3 Å². The number of hydrogen-bond acceptors (Lipinski definition) is 7. The molecule has 132 valence electrons. The molecule has 0 radical (unpaired) electrons. The van der Waals surface area contributed by atoms with Gasteiger partial charge >= 0.3 is 0 Å². The molecule has 0 aromatic heterocycles. The molecule has 1 aromatic carbocycles. The lowest BCUT2D eigenvalue weighted by atomic mass is 10.1. The van der Waals surface area contributed by atoms with E-state index in [2.05, 4.69) is 15.8 Å². The van der Waals surface area contributed by atoms with Gasteiger partial charge in [-0.3, -0.25) is 9.59 Å². The van der Waals surface area contributed by atoms with Crippen LogP contribution in [0.1, 0.15) is 23.7 Å². The number of aliphatic hydroxyl groups is 4. The molecule has 1 rings (SSSR count). The maximum Gasteiger partial charge on any atom is 0.271 e. The molecule has 9 nitrogen and oxygen atoms in total. The fraction of sp³-hybridized carbons (Fsp3) is 0.400. The summed E-state index contributed by atoms with van der Waals surface area (Å²) >= 11 is 0. The van der Waals surface area contributed by atoms with E-state index in [0.717, 1.165) is 6.21 Å². The monoisotopic (exact) mass is 339 g/mol. The van der Waals surface area contributed by atoms with Crippen LogP contribution in [-0.4, -0.2) is 63.4 Å². The second-order valence-electron chi connectivity index (χ2n) is 4.93. The van der Waals surface area contributed by atoms with E-state index < -0.39 is 30.8 Å². The first-order chi connectivity index (χ1) is 11.4. The van der Waals surface area contributed by atoms with Crippen LogP contribution in [0.2, 0.25) is 0 Å². The molecule has 9 heteroatoms. The predicted molar refractivity (Wildman–Crippen MR) is 86.4 cm³/mol. The zero-order valence-electron chi connectivity index (χ0n) is 13.1. The van der Waals surface area contributed by atoms with Gasteiger partial charge in [-0.2, -0.15) is 5.10 Å². The zero-order chi connectivity index (χ0) is 18.1. The van der Waals surface area contributed by atoms with Crippen molar-refractivity contribution in [3.05, 3.63) is 29.8 Å². The number of carbonyl (C=O) groups excluding carboxylic acids is 2. The quantitative estimate of drug-likeness (QED) is 0.259. The molecule has 0 saturated heterocycles. The Balaban J connectivity index is 2.56. The largest absolute Gasteiger partial charge is 0.394 e. The van der Waals surface area contributed by atoms with Crippen LogP contribution < -0.4 is 10.7 Å². The highest BCUT2D eigenvalue weighted by atomic mass is 16.4. The highest BCUT2D eigenvalue weighted by Crippen LogP contribution is 2.10. The van der Waals surface area contributed by atoms with Crippen molar-refractivity contribution in [2.24, 2.45) is 5.10 Å². The van der Waals surface area contributed by atoms with Gasteiger partial charge in [0.05, 0.1) is 12.8 Å². The number of amides is 2. The number of carbonyl (C=O) groups is 2. The molecule has 24 heavy (non-hydrogen) atoms. The number of benzene rings is 1. The fourth-order valence-corrected chi connectivity index (χ4v) is 1.61. The lowest BCUT2D eigenvalue weighted by molar-refractivity contribution is -0.115. The fourth-order valence-electron chi connectivity index (χ4n) is 1.61. The summed E-state index contributed by atoms with van der Waals surface area (Å²) < 4.78 is 0. The number of nitrogens with one attached hydrogen (secondary N) is 2. The molecule has 0 fully saturated rings. The van der Waals surface area contributed by atoms with Gasteiger partial charge in [0.25, 0.3) is 5.91 Å². The van der Waals surface area contributed by atoms with Crippen LogP contribution in [0.15, 0.2) is 29.4 Å². The van der Waals surface area contributed by atoms with Gasteiger partial charge in [0.1, 0.15) is 18.3 Å². The zero-order valence-corrected chi connectivity index (χ0v) is 13.1. The molecule has 1 aromatic rings. The van der Waals surface area contributed by atoms with Crippen molar-refractivity contribution in [3.8, 4) is 0 Å². The third-order valence-electron chi connectivity index (χ3n) is 3.08. The summed E-state index contributed by atoms with van der Waals surface area (Å²) in [5.41, 5.74) is 2.97. The first-order valence-electron chi connectivity index (χ1n) is 7.27. The molecule has 3 atom stereocenters. The molecule has 0 bridgehead atoms. The molecule has 0 saturated carbocycles. The average Bonchev–Trinajstić information content (AvgIpc) is 2.60. The molecule has 0 aliphatic rings. The van der Waals surface area contributed by atoms with E-state index >= 15 is 0 Å². The van der Waals surface area contributed by atoms with Gasteiger partial charge in [-0.15, -0.1) is 0 Å². The van der Waals surface area contributed by atoms with E-state index in [1.807, 2.05) is 0 Å². The van der Waals surface area contributed by atoms with Gasteiger partial charge in [0.2, 0.25) is 5.91 Å². The van der Waals surface area contributed by atoms with Crippen LogP contribution in [0, 0.1) is 0 Å². The summed E-state index contributed by atoms with van der Waals surface area (Å²) in [6.45, 7) is 0.999. The van der Waals surface area contributed by atoms with Crippen molar-refractivity contribution in [1.29, 1.82) is 0 Å². The number of hydrazone groups is 1. The number of hydrogen-bond donors (Lipinski definition) is 6. The van der Waals surface area contributed by atoms with Crippen molar-refractivity contribution in [2.45, 2.75) is 31.7 Å². The first-order valence-corrected chi connectivity index (χ1v) is 7.27. The van der Waals surface area contributed by atoms with Crippen molar-refractivity contribution < 1.29 is 30.0 Å². The minimum absolute atomic E-state index is 0.144. The van der Waals surface area contributed by atoms with Crippen molar-refractivity contribution in [3.63, 3.8) is 0 Å². The summed E-state index contributed by atoms with van der Waals surface area (Å²) in [6, 6.07) is 6.08. The smallest absolute Gasteiger partial charge is 0.271 e. The summed E-state index contributed by atoms with van der Waals surface area (Å²) in [6.07, 6.45) is -3.53. The average molecular weight is 339 g/mol. The predicted octanol–water partition coefficient (Wildman–Crippen LogP) is -1.17. The Morgan fingerprint density at radius 2 is 1.83 bits per heavy atom. The Morgan fingerprint density at radius 3 is 2.38 bits per heavy atom. The van der Waals surface area contributed by atoms with E-state index in [9.17, 15) is 19.8 Å². The third kappa shape index (κ3) is 6.05. The first kappa shape index (κ1) is 19.7. The van der Waals surface area contributed by atoms with Gasteiger partial charge in [0, 0.05) is 17.7 Å². The van der Waals surface area contributed by atoms with E-state index in [1.54, 1.807) is 19.1 Å². The summed E-state index contributed by atoms with van der Waals surface area (Å²) in [7, 11) is 0. The maximum absolute atomic E-state index is 11.8. The molecule has 0 heterocycles. The Morgan fingerprint density at radius 1 is 1.21 bits per heavy atom. The summed E-state index contributed by atoms with van der Waals surface area (Å²) in [5.74, 6) is -0.710. The molecule has 0 aliphatic heterocycles. The third-order valence-corrected chi connectivity index (χ3v) is 3.08. The number of nitrogens with zero attached hydrogens (tertiary/aromatic N) is 1. The van der Waals surface area contributed by atoms with E-state index in [0.29, 0.717) is 12.1 Å². The SMILES string of the molecule is CCC(=O)Nc1ccc(C(=O)N/N=C/C(O)C(O)C(O)CO)cc1. The molecule has 2 amide bonds. The lowest BCUT2D eigenvalue weighted by Gasteiger charge is -2.17.